The summed E-state index contributed by atoms with van der Waals surface area (Å²) in [6, 6.07) is 5.47. The molecular formula is C15H20Cl2N2O2. The van der Waals surface area contributed by atoms with Gasteiger partial charge in [0.05, 0.1) is 28.8 Å². The van der Waals surface area contributed by atoms with Crippen LogP contribution in [0, 0.1) is 0 Å². The highest BCUT2D eigenvalue weighted by Gasteiger charge is 2.25. The molecule has 6 heteroatoms. The molecule has 4 nitrogen and oxygen atoms in total. The van der Waals surface area contributed by atoms with Gasteiger partial charge in [-0.05, 0) is 31.5 Å². The number of nitrogens with one attached hydrogen (secondary N) is 2. The van der Waals surface area contributed by atoms with E-state index >= 15 is 0 Å². The quantitative estimate of drug-likeness (QED) is 0.892. The number of rotatable bonds is 4. The van der Waals surface area contributed by atoms with Crippen molar-refractivity contribution in [2.75, 3.05) is 19.8 Å². The van der Waals surface area contributed by atoms with Gasteiger partial charge < -0.3 is 15.4 Å². The van der Waals surface area contributed by atoms with Crippen molar-refractivity contribution in [1.29, 1.82) is 0 Å². The third-order valence-electron chi connectivity index (χ3n) is 3.52. The van der Waals surface area contributed by atoms with Gasteiger partial charge in [-0.2, -0.15) is 0 Å². The van der Waals surface area contributed by atoms with Gasteiger partial charge in [-0.25, -0.2) is 0 Å². The molecule has 1 saturated heterocycles. The van der Waals surface area contributed by atoms with E-state index in [1.54, 1.807) is 12.1 Å². The van der Waals surface area contributed by atoms with Crippen molar-refractivity contribution in [3.63, 3.8) is 0 Å². The smallest absolute Gasteiger partial charge is 0.222 e. The molecule has 1 aromatic rings. The number of amides is 1. The first-order valence-electron chi connectivity index (χ1n) is 6.96. The summed E-state index contributed by atoms with van der Waals surface area (Å²) in [5.74, 6) is -0.0194. The van der Waals surface area contributed by atoms with Crippen molar-refractivity contribution in [2.24, 2.45) is 0 Å². The zero-order chi connectivity index (χ0) is 15.5. The van der Waals surface area contributed by atoms with Crippen molar-refractivity contribution in [2.45, 2.75) is 31.8 Å². The molecule has 0 aliphatic carbocycles. The molecule has 1 aliphatic rings. The van der Waals surface area contributed by atoms with Crippen molar-refractivity contribution in [1.82, 2.24) is 10.6 Å². The zero-order valence-electron chi connectivity index (χ0n) is 12.2. The minimum Gasteiger partial charge on any atom is -0.378 e. The topological polar surface area (TPSA) is 50.4 Å². The molecule has 116 valence electrons. The molecule has 0 aromatic heterocycles. The molecule has 1 atom stereocenters. The van der Waals surface area contributed by atoms with E-state index in [9.17, 15) is 4.79 Å². The molecule has 1 unspecified atom stereocenters. The number of morpholine rings is 1. The Balaban J connectivity index is 1.98. The third kappa shape index (κ3) is 4.58. The van der Waals surface area contributed by atoms with Crippen molar-refractivity contribution in [3.8, 4) is 0 Å². The Morgan fingerprint density at radius 3 is 2.81 bits per heavy atom. The number of carbonyl (C=O) groups is 1. The largest absolute Gasteiger partial charge is 0.378 e. The van der Waals surface area contributed by atoms with Crippen molar-refractivity contribution in [3.05, 3.63) is 33.8 Å². The highest BCUT2D eigenvalue weighted by atomic mass is 35.5. The standard InChI is InChI=1S/C15H20Cl2N2O2/c1-15(2,10-3-4-12(16)13(17)7-10)19-14(20)8-11-9-21-6-5-18-11/h3-4,7,11,18H,5-6,8-9H2,1-2H3,(H,19,20). The van der Waals surface area contributed by atoms with E-state index in [1.807, 2.05) is 19.9 Å². The van der Waals surface area contributed by atoms with E-state index in [2.05, 4.69) is 10.6 Å². The minimum absolute atomic E-state index is 0.0194. The van der Waals surface area contributed by atoms with Crippen LogP contribution in [0.1, 0.15) is 25.8 Å². The molecule has 21 heavy (non-hydrogen) atoms. The average molecular weight is 331 g/mol. The van der Waals surface area contributed by atoms with Gasteiger partial charge in [-0.3, -0.25) is 4.79 Å². The second-order valence-corrected chi connectivity index (χ2v) is 6.55. The highest BCUT2D eigenvalue weighted by molar-refractivity contribution is 6.42. The number of benzene rings is 1. The van der Waals surface area contributed by atoms with Crippen LogP contribution >= 0.6 is 23.2 Å². The van der Waals surface area contributed by atoms with Crippen LogP contribution in [0.5, 0.6) is 0 Å². The first-order valence-corrected chi connectivity index (χ1v) is 7.72. The Hall–Kier alpha value is -0.810. The predicted molar refractivity (Wildman–Crippen MR) is 84.9 cm³/mol. The summed E-state index contributed by atoms with van der Waals surface area (Å²) in [6.45, 7) is 5.94. The second-order valence-electron chi connectivity index (χ2n) is 5.73. The fourth-order valence-corrected chi connectivity index (χ4v) is 2.63. The third-order valence-corrected chi connectivity index (χ3v) is 4.26. The van der Waals surface area contributed by atoms with E-state index in [1.165, 1.54) is 0 Å². The Morgan fingerprint density at radius 1 is 1.43 bits per heavy atom. The molecule has 1 heterocycles. The zero-order valence-corrected chi connectivity index (χ0v) is 13.7. The Kier molecular flexibility index (Phi) is 5.49. The molecule has 0 saturated carbocycles. The molecule has 1 amide bonds. The summed E-state index contributed by atoms with van der Waals surface area (Å²) in [5, 5.41) is 7.29. The molecule has 2 rings (SSSR count). The van der Waals surface area contributed by atoms with E-state index < -0.39 is 5.54 Å². The molecule has 1 fully saturated rings. The van der Waals surface area contributed by atoms with Gasteiger partial charge >= 0.3 is 0 Å². The monoisotopic (exact) mass is 330 g/mol. The summed E-state index contributed by atoms with van der Waals surface area (Å²) in [7, 11) is 0. The van der Waals surface area contributed by atoms with Crippen LogP contribution in [-0.4, -0.2) is 31.7 Å². The van der Waals surface area contributed by atoms with Crippen LogP contribution in [0.2, 0.25) is 10.0 Å². The van der Waals surface area contributed by atoms with Crippen LogP contribution in [-0.2, 0) is 15.1 Å². The summed E-state index contributed by atoms with van der Waals surface area (Å²) < 4.78 is 5.35. The molecule has 0 bridgehead atoms. The lowest BCUT2D eigenvalue weighted by atomic mass is 9.94. The molecule has 1 aliphatic heterocycles. The van der Waals surface area contributed by atoms with Crippen LogP contribution < -0.4 is 10.6 Å². The summed E-state index contributed by atoms with van der Waals surface area (Å²) >= 11 is 12.0. The maximum atomic E-state index is 12.2. The second kappa shape index (κ2) is 6.97. The van der Waals surface area contributed by atoms with E-state index in [4.69, 9.17) is 27.9 Å². The number of hydrogen-bond donors (Lipinski definition) is 2. The SMILES string of the molecule is CC(C)(NC(=O)CC1COCCN1)c1ccc(Cl)c(Cl)c1. The van der Waals surface area contributed by atoms with Crippen LogP contribution in [0.3, 0.4) is 0 Å². The highest BCUT2D eigenvalue weighted by Crippen LogP contribution is 2.28. The first kappa shape index (κ1) is 16.6. The maximum Gasteiger partial charge on any atom is 0.222 e. The summed E-state index contributed by atoms with van der Waals surface area (Å²) in [6.07, 6.45) is 0.394. The van der Waals surface area contributed by atoms with Crippen LogP contribution in [0.25, 0.3) is 0 Å². The minimum atomic E-state index is -0.513. The number of halogens is 2. The van der Waals surface area contributed by atoms with Crippen molar-refractivity contribution >= 4 is 29.1 Å². The lowest BCUT2D eigenvalue weighted by Gasteiger charge is -2.29. The van der Waals surface area contributed by atoms with Gasteiger partial charge in [-0.15, -0.1) is 0 Å². The number of hydrogen-bond acceptors (Lipinski definition) is 3. The van der Waals surface area contributed by atoms with Gasteiger partial charge in [0.15, 0.2) is 0 Å². The van der Waals surface area contributed by atoms with Crippen LogP contribution in [0.15, 0.2) is 18.2 Å². The lowest BCUT2D eigenvalue weighted by molar-refractivity contribution is -0.124. The van der Waals surface area contributed by atoms with E-state index in [-0.39, 0.29) is 11.9 Å². The first-order chi connectivity index (χ1) is 9.88. The van der Waals surface area contributed by atoms with E-state index in [0.29, 0.717) is 29.7 Å². The number of ether oxygens (including phenoxy) is 1. The van der Waals surface area contributed by atoms with Gasteiger partial charge in [0, 0.05) is 19.0 Å². The van der Waals surface area contributed by atoms with Gasteiger partial charge in [0.1, 0.15) is 0 Å². The van der Waals surface area contributed by atoms with Gasteiger partial charge in [-0.1, -0.05) is 29.3 Å². The Bertz CT molecular complexity index is 514. The lowest BCUT2D eigenvalue weighted by Crippen LogP contribution is -2.47. The van der Waals surface area contributed by atoms with E-state index in [0.717, 1.165) is 12.1 Å². The molecular weight excluding hydrogens is 311 g/mol. The molecule has 0 radical (unpaired) electrons. The maximum absolute atomic E-state index is 12.2. The normalized spacial score (nSPS) is 19.3. The van der Waals surface area contributed by atoms with Crippen LogP contribution in [0.4, 0.5) is 0 Å². The fraction of sp³-hybridized carbons (Fsp3) is 0.533. The Morgan fingerprint density at radius 2 is 2.19 bits per heavy atom. The predicted octanol–water partition coefficient (Wildman–Crippen LogP) is 2.72. The molecule has 1 aromatic carbocycles. The number of carbonyl (C=O) groups excluding carboxylic acids is 1. The fourth-order valence-electron chi connectivity index (χ4n) is 2.33. The Labute approximate surface area is 135 Å². The molecule has 2 N–H and O–H groups in total. The summed E-state index contributed by atoms with van der Waals surface area (Å²) in [4.78, 5) is 12.2. The van der Waals surface area contributed by atoms with Gasteiger partial charge in [0.25, 0.3) is 0 Å². The van der Waals surface area contributed by atoms with Crippen molar-refractivity contribution < 1.29 is 9.53 Å². The molecule has 0 spiro atoms. The van der Waals surface area contributed by atoms with Gasteiger partial charge in [0.2, 0.25) is 5.91 Å². The average Bonchev–Trinajstić information content (AvgIpc) is 2.42. The summed E-state index contributed by atoms with van der Waals surface area (Å²) in [5.41, 5.74) is 0.402.